The molecule has 2 aromatic heterocycles. The maximum absolute atomic E-state index is 15.3. The summed E-state index contributed by atoms with van der Waals surface area (Å²) in [6, 6.07) is 13.0. The first kappa shape index (κ1) is 72.2. The number of benzene rings is 4. The summed E-state index contributed by atoms with van der Waals surface area (Å²) in [6.07, 6.45) is 0.885. The number of fused-ring (bicyclic) bond motifs is 3. The van der Waals surface area contributed by atoms with E-state index in [-0.39, 0.29) is 76.1 Å². The number of nitrogens with one attached hydrogen (secondary N) is 11. The van der Waals surface area contributed by atoms with Gasteiger partial charge in [0.05, 0.1) is 12.8 Å². The maximum Gasteiger partial charge on any atom is 0.305 e. The van der Waals surface area contributed by atoms with Crippen LogP contribution in [-0.4, -0.2) is 170 Å². The largest absolute Gasteiger partial charge is 0.508 e. The minimum atomic E-state index is -2.02. The number of aromatic nitrogens is 2. The normalized spacial score (nSPS) is 23.5. The average Bonchev–Trinajstić information content (AvgIpc) is 1.77. The number of primary amides is 1. The summed E-state index contributed by atoms with van der Waals surface area (Å²) in [5.74, 6) is -13.2. The van der Waals surface area contributed by atoms with E-state index in [1.165, 1.54) is 17.0 Å². The van der Waals surface area contributed by atoms with Crippen LogP contribution in [-0.2, 0) is 83.2 Å². The topological polar surface area (TPSA) is 440 Å². The van der Waals surface area contributed by atoms with Gasteiger partial charge in [-0.15, -0.1) is 0 Å². The van der Waals surface area contributed by atoms with E-state index in [4.69, 9.17) is 11.5 Å². The number of nitrogens with zero attached hydrogens (tertiary/aromatic N) is 1. The van der Waals surface area contributed by atoms with E-state index >= 15 is 14.4 Å². The molecule has 516 valence electrons. The molecule has 4 heterocycles. The van der Waals surface area contributed by atoms with E-state index in [1.807, 2.05) is 0 Å². The highest BCUT2D eigenvalue weighted by Crippen LogP contribution is 2.25. The molecule has 97 heavy (non-hydrogen) atoms. The SMILES string of the molecule is CC(C)C[C@@H]1NC(=O)[C@H](CCCN)NC(=O)[C@H](C(C)C)NC(=O)[C@H](Cc2c[nH]c3ccccc23)NC(=O)[C@H](CC(=O)O)NC(=O)[C@H](CC(N)=O)NC(=O)[C@@H](Cc2ccccc2)NC(=O)[C@H](Cc2c[nH]c3ccccc23)NC(=O)[C@@H]2CCCN2C(=O)[C@@H](Cc2ccc(O)cc2)NC1=O. The number of amides is 11. The van der Waals surface area contributed by atoms with Crippen LogP contribution in [0.2, 0.25) is 0 Å². The Morgan fingerprint density at radius 2 is 0.948 bits per heavy atom. The smallest absolute Gasteiger partial charge is 0.305 e. The molecule has 4 aromatic carbocycles. The van der Waals surface area contributed by atoms with Crippen molar-refractivity contribution in [2.24, 2.45) is 23.3 Å². The second-order valence-corrected chi connectivity index (χ2v) is 25.4. The Morgan fingerprint density at radius 1 is 0.505 bits per heavy atom. The van der Waals surface area contributed by atoms with Gasteiger partial charge >= 0.3 is 5.97 Å². The van der Waals surface area contributed by atoms with Gasteiger partial charge < -0.3 is 84.4 Å². The summed E-state index contributed by atoms with van der Waals surface area (Å²) in [5, 5.41) is 45.7. The van der Waals surface area contributed by atoms with Crippen molar-refractivity contribution < 1.29 is 67.7 Å². The van der Waals surface area contributed by atoms with Gasteiger partial charge in [-0.05, 0) is 97.0 Å². The van der Waals surface area contributed by atoms with Crippen LogP contribution in [0.5, 0.6) is 5.75 Å². The number of carboxylic acid groups (broad SMARTS) is 1. The molecule has 28 heteroatoms. The van der Waals surface area contributed by atoms with Crippen molar-refractivity contribution in [3.8, 4) is 5.75 Å². The quantitative estimate of drug-likeness (QED) is 0.0566. The summed E-state index contributed by atoms with van der Waals surface area (Å²) in [4.78, 5) is 182. The molecular weight excluding hydrogens is 1250 g/mol. The Kier molecular flexibility index (Phi) is 25.0. The average molecular weight is 1340 g/mol. The zero-order chi connectivity index (χ0) is 70.0. The van der Waals surface area contributed by atoms with Crippen molar-refractivity contribution in [3.63, 3.8) is 0 Å². The molecule has 2 aliphatic rings. The number of aliphatic carboxylic acids is 1. The van der Waals surface area contributed by atoms with Gasteiger partial charge in [0.25, 0.3) is 0 Å². The van der Waals surface area contributed by atoms with Gasteiger partial charge in [-0.1, -0.05) is 107 Å². The maximum atomic E-state index is 15.3. The van der Waals surface area contributed by atoms with Crippen molar-refractivity contribution in [2.75, 3.05) is 13.1 Å². The highest BCUT2D eigenvalue weighted by molar-refractivity contribution is 6.01. The zero-order valence-corrected chi connectivity index (χ0v) is 54.5. The number of carboxylic acids is 1. The molecule has 0 spiro atoms. The van der Waals surface area contributed by atoms with Crippen molar-refractivity contribution in [3.05, 3.63) is 138 Å². The Balaban J connectivity index is 1.22. The molecular formula is C69H86N14O14. The Morgan fingerprint density at radius 3 is 1.49 bits per heavy atom. The number of hydrogen-bond donors (Lipinski definition) is 15. The lowest BCUT2D eigenvalue weighted by molar-refractivity contribution is -0.142. The number of aromatic hydroxyl groups is 1. The molecule has 0 unspecified atom stereocenters. The van der Waals surface area contributed by atoms with Crippen LogP contribution in [0.1, 0.15) is 94.9 Å². The fraction of sp³-hybridized carbons (Fsp3) is 0.420. The minimum Gasteiger partial charge on any atom is -0.508 e. The van der Waals surface area contributed by atoms with E-state index < -0.39 is 150 Å². The van der Waals surface area contributed by atoms with Crippen LogP contribution in [0.4, 0.5) is 0 Å². The minimum absolute atomic E-state index is 0.0243. The number of aromatic amines is 2. The molecule has 2 saturated heterocycles. The first-order valence-electron chi connectivity index (χ1n) is 32.5. The van der Waals surface area contributed by atoms with Crippen LogP contribution < -0.4 is 59.3 Å². The Bertz CT molecular complexity index is 3840. The highest BCUT2D eigenvalue weighted by atomic mass is 16.4. The molecule has 11 amide bonds. The van der Waals surface area contributed by atoms with E-state index in [2.05, 4.69) is 57.8 Å². The third kappa shape index (κ3) is 19.7. The van der Waals surface area contributed by atoms with Crippen LogP contribution in [0, 0.1) is 11.8 Å². The van der Waals surface area contributed by atoms with E-state index in [0.29, 0.717) is 50.5 Å². The zero-order valence-electron chi connectivity index (χ0n) is 54.5. The fourth-order valence-electron chi connectivity index (χ4n) is 12.1. The van der Waals surface area contributed by atoms with Crippen molar-refractivity contribution >= 4 is 92.8 Å². The number of rotatable bonds is 18. The Labute approximate surface area is 559 Å². The van der Waals surface area contributed by atoms with Crippen molar-refractivity contribution in [1.29, 1.82) is 0 Å². The lowest BCUT2D eigenvalue weighted by Crippen LogP contribution is -2.62. The number of phenolic OH excluding ortho intramolecular Hbond substituents is 1. The number of carbonyl (C=O) groups excluding carboxylic acids is 11. The van der Waals surface area contributed by atoms with Crippen LogP contribution in [0.15, 0.2) is 116 Å². The van der Waals surface area contributed by atoms with Gasteiger partial charge in [-0.2, -0.15) is 0 Å². The molecule has 0 radical (unpaired) electrons. The molecule has 17 N–H and O–H groups in total. The summed E-state index contributed by atoms with van der Waals surface area (Å²) < 4.78 is 0. The summed E-state index contributed by atoms with van der Waals surface area (Å²) in [5.41, 5.74) is 15.0. The fourth-order valence-corrected chi connectivity index (χ4v) is 12.1. The predicted octanol–water partition coefficient (Wildman–Crippen LogP) is 0.784. The third-order valence-electron chi connectivity index (χ3n) is 17.2. The number of nitrogens with two attached hydrogens (primary N) is 2. The molecule has 0 aliphatic carbocycles. The number of para-hydroxylation sites is 2. The lowest BCUT2D eigenvalue weighted by atomic mass is 9.98. The molecule has 28 nitrogen and oxygen atoms in total. The molecule has 6 aromatic rings. The molecule has 10 atom stereocenters. The summed E-state index contributed by atoms with van der Waals surface area (Å²) in [7, 11) is 0. The van der Waals surface area contributed by atoms with Gasteiger partial charge in [0.2, 0.25) is 65.0 Å². The predicted molar refractivity (Wildman–Crippen MR) is 357 cm³/mol. The molecule has 0 bridgehead atoms. The van der Waals surface area contributed by atoms with Gasteiger partial charge in [-0.25, -0.2) is 0 Å². The molecule has 8 rings (SSSR count). The van der Waals surface area contributed by atoms with Gasteiger partial charge in [0.15, 0.2) is 0 Å². The number of hydrogen-bond acceptors (Lipinski definition) is 14. The molecule has 0 saturated carbocycles. The second kappa shape index (κ2) is 33.7. The number of carbonyl (C=O) groups is 12. The highest BCUT2D eigenvalue weighted by Gasteiger charge is 2.42. The summed E-state index contributed by atoms with van der Waals surface area (Å²) >= 11 is 0. The Hall–Kier alpha value is -10.6. The third-order valence-corrected chi connectivity index (χ3v) is 17.2. The second-order valence-electron chi connectivity index (χ2n) is 25.4. The van der Waals surface area contributed by atoms with Crippen molar-refractivity contribution in [2.45, 2.75) is 159 Å². The number of phenols is 1. The van der Waals surface area contributed by atoms with E-state index in [0.717, 1.165) is 0 Å². The van der Waals surface area contributed by atoms with Crippen LogP contribution in [0.3, 0.4) is 0 Å². The van der Waals surface area contributed by atoms with E-state index in [1.54, 1.807) is 131 Å². The summed E-state index contributed by atoms with van der Waals surface area (Å²) in [6.45, 7) is 6.92. The number of H-pyrrole nitrogens is 2. The van der Waals surface area contributed by atoms with Crippen molar-refractivity contribution in [1.82, 2.24) is 62.7 Å². The standard InChI is InChI=1S/C69H86N14O14/c1-37(2)28-49-61(89)81-55(30-40-22-24-43(84)25-23-40)69(97)83-27-13-21-56(83)67(95)80-51(31-41-35-72-46-18-10-8-16-44(41)46)63(91)76-50(29-39-14-6-5-7-15-39)62(90)78-53(33-57(71)85)64(92)79-54(34-58(86)87)65(93)77-52(32-42-36-73-47-19-11-9-17-45(42)47)66(94)82-59(38(3)4)68(96)74-48(20-12-26-70)60(88)75-49/h5-11,14-19,22-25,35-38,48-56,59,72-73,84H,12-13,20-21,26-34,70H2,1-4H3,(H2,71,85)(H,74,96)(H,75,88)(H,76,91)(H,77,93)(H,78,90)(H,79,92)(H,80,95)(H,81,89)(H,82,94)(H,86,87)/t48-,49-,50+,51-,52-,53-,54-,55+,56-,59-/m0/s1. The monoisotopic (exact) mass is 1330 g/mol. The van der Waals surface area contributed by atoms with Gasteiger partial charge in [0.1, 0.15) is 66.2 Å². The molecule has 2 fully saturated rings. The lowest BCUT2D eigenvalue weighted by Gasteiger charge is -2.32. The van der Waals surface area contributed by atoms with Gasteiger partial charge in [0, 0.05) is 66.4 Å². The van der Waals surface area contributed by atoms with E-state index in [9.17, 15) is 53.4 Å². The molecule has 2 aliphatic heterocycles. The van der Waals surface area contributed by atoms with Crippen LogP contribution >= 0.6 is 0 Å². The first-order valence-corrected chi connectivity index (χ1v) is 32.5. The van der Waals surface area contributed by atoms with Gasteiger partial charge in [-0.3, -0.25) is 57.5 Å². The van der Waals surface area contributed by atoms with Crippen LogP contribution in [0.25, 0.3) is 21.8 Å². The first-order chi connectivity index (χ1) is 46.3.